The van der Waals surface area contributed by atoms with E-state index >= 15 is 0 Å². The van der Waals surface area contributed by atoms with Crippen LogP contribution in [0, 0.1) is 28.4 Å². The molecule has 0 spiro atoms. The highest BCUT2D eigenvalue weighted by Gasteiger charge is 2.17. The number of carbonyl (C=O) groups is 1. The van der Waals surface area contributed by atoms with E-state index in [2.05, 4.69) is 15.5 Å². The maximum Gasteiger partial charge on any atom is 0.289 e. The summed E-state index contributed by atoms with van der Waals surface area (Å²) in [5.74, 6) is 0.0224. The van der Waals surface area contributed by atoms with Gasteiger partial charge in [-0.3, -0.25) is 20.2 Å². The molecule has 2 aromatic heterocycles. The number of nitro groups is 1. The van der Waals surface area contributed by atoms with Crippen molar-refractivity contribution in [2.24, 2.45) is 0 Å². The van der Waals surface area contributed by atoms with Gasteiger partial charge in [0.15, 0.2) is 5.01 Å². The summed E-state index contributed by atoms with van der Waals surface area (Å²) >= 11 is 7.03. The molecule has 4 rings (SSSR count). The molecule has 0 bridgehead atoms. The zero-order valence-corrected chi connectivity index (χ0v) is 20.3. The molecule has 180 valence electrons. The lowest BCUT2D eigenvalue weighted by molar-refractivity contribution is -0.384. The number of nitrogens with zero attached hydrogens (tertiary/aromatic N) is 5. The Hall–Kier alpha value is -4.53. The van der Waals surface area contributed by atoms with Crippen molar-refractivity contribution >= 4 is 45.7 Å². The van der Waals surface area contributed by atoms with Crippen LogP contribution in [0.1, 0.15) is 16.3 Å². The summed E-state index contributed by atoms with van der Waals surface area (Å²) in [6.07, 6.45) is 3.02. The number of hydrogen-bond donors (Lipinski definition) is 1. The number of nitro benzene ring substituents is 1. The van der Waals surface area contributed by atoms with Crippen LogP contribution in [0.4, 0.5) is 10.8 Å². The quantitative estimate of drug-likeness (QED) is 0.143. The molecule has 0 unspecified atom stereocenters. The van der Waals surface area contributed by atoms with Crippen molar-refractivity contribution < 1.29 is 14.5 Å². The van der Waals surface area contributed by atoms with Crippen molar-refractivity contribution in [2.45, 2.75) is 13.5 Å². The van der Waals surface area contributed by atoms with Crippen LogP contribution >= 0.6 is 22.9 Å². The molecular formula is C24H17ClN6O4S. The lowest BCUT2D eigenvalue weighted by atomic mass is 10.2. The fourth-order valence-corrected chi connectivity index (χ4v) is 4.05. The van der Waals surface area contributed by atoms with Crippen LogP contribution in [0.15, 0.2) is 66.4 Å². The molecule has 0 saturated heterocycles. The first-order valence-electron chi connectivity index (χ1n) is 10.4. The molecule has 0 aliphatic rings. The Balaban J connectivity index is 1.48. The first kappa shape index (κ1) is 24.6. The number of aromatic nitrogens is 3. The number of benzene rings is 2. The molecule has 0 saturated carbocycles. The maximum absolute atomic E-state index is 12.7. The monoisotopic (exact) mass is 520 g/mol. The van der Waals surface area contributed by atoms with Crippen LogP contribution in [-0.2, 0) is 11.4 Å². The molecule has 10 nitrogen and oxygen atoms in total. The third-order valence-corrected chi connectivity index (χ3v) is 6.01. The van der Waals surface area contributed by atoms with Crippen LogP contribution in [-0.4, -0.2) is 25.6 Å². The standard InChI is InChI=1S/C24H17ClN6O4S/c1-15-4-2-6-19(10-15)35-14-22-28-29-24(36-22)27-23(32)16(13-26)11-17-5-3-9-30(17)18-7-8-20(25)21(12-18)31(33)34/h2-12H,14H2,1H3,(H,27,29,32)/b16-11-. The number of hydrogen-bond acceptors (Lipinski definition) is 8. The Kier molecular flexibility index (Phi) is 7.39. The summed E-state index contributed by atoms with van der Waals surface area (Å²) in [6, 6.07) is 17.1. The van der Waals surface area contributed by atoms with E-state index in [4.69, 9.17) is 16.3 Å². The largest absolute Gasteiger partial charge is 0.486 e. The van der Waals surface area contributed by atoms with Crippen LogP contribution in [0.25, 0.3) is 11.8 Å². The summed E-state index contributed by atoms with van der Waals surface area (Å²) in [6.45, 7) is 2.14. The summed E-state index contributed by atoms with van der Waals surface area (Å²) in [7, 11) is 0. The van der Waals surface area contributed by atoms with E-state index in [1.54, 1.807) is 29.0 Å². The smallest absolute Gasteiger partial charge is 0.289 e. The van der Waals surface area contributed by atoms with Crippen LogP contribution < -0.4 is 10.1 Å². The summed E-state index contributed by atoms with van der Waals surface area (Å²) < 4.78 is 7.29. The highest BCUT2D eigenvalue weighted by atomic mass is 35.5. The van der Waals surface area contributed by atoms with Gasteiger partial charge < -0.3 is 9.30 Å². The number of anilines is 1. The summed E-state index contributed by atoms with van der Waals surface area (Å²) in [5.41, 5.74) is 1.53. The molecule has 1 N–H and O–H groups in total. The predicted octanol–water partition coefficient (Wildman–Crippen LogP) is 5.32. The van der Waals surface area contributed by atoms with E-state index in [0.29, 0.717) is 22.1 Å². The van der Waals surface area contributed by atoms with E-state index in [-0.39, 0.29) is 28.0 Å². The van der Waals surface area contributed by atoms with E-state index < -0.39 is 10.8 Å². The van der Waals surface area contributed by atoms with Gasteiger partial charge in [-0.05, 0) is 55.0 Å². The van der Waals surface area contributed by atoms with Gasteiger partial charge in [-0.25, -0.2) is 0 Å². The zero-order valence-electron chi connectivity index (χ0n) is 18.7. The van der Waals surface area contributed by atoms with Gasteiger partial charge in [0.2, 0.25) is 5.13 Å². The van der Waals surface area contributed by atoms with Crippen molar-refractivity contribution in [3.63, 3.8) is 0 Å². The Morgan fingerprint density at radius 3 is 2.86 bits per heavy atom. The Morgan fingerprint density at radius 2 is 2.11 bits per heavy atom. The van der Waals surface area contributed by atoms with Gasteiger partial charge in [0.1, 0.15) is 29.0 Å². The normalized spacial score (nSPS) is 11.1. The number of halogens is 1. The number of amides is 1. The van der Waals surface area contributed by atoms with Gasteiger partial charge in [0, 0.05) is 18.0 Å². The topological polar surface area (TPSA) is 136 Å². The van der Waals surface area contributed by atoms with Gasteiger partial charge in [0.05, 0.1) is 10.6 Å². The van der Waals surface area contributed by atoms with E-state index in [0.717, 1.165) is 16.9 Å². The molecule has 0 aliphatic carbocycles. The molecule has 1 amide bonds. The average Bonchev–Trinajstić information content (AvgIpc) is 3.50. The molecule has 36 heavy (non-hydrogen) atoms. The van der Waals surface area contributed by atoms with E-state index in [1.807, 2.05) is 37.3 Å². The Morgan fingerprint density at radius 1 is 1.28 bits per heavy atom. The highest BCUT2D eigenvalue weighted by molar-refractivity contribution is 7.15. The maximum atomic E-state index is 12.7. The minimum atomic E-state index is -0.672. The summed E-state index contributed by atoms with van der Waals surface area (Å²) in [5, 5.41) is 32.1. The molecular weight excluding hydrogens is 504 g/mol. The fraction of sp³-hybridized carbons (Fsp3) is 0.0833. The number of nitriles is 1. The van der Waals surface area contributed by atoms with E-state index in [9.17, 15) is 20.2 Å². The highest BCUT2D eigenvalue weighted by Crippen LogP contribution is 2.28. The van der Waals surface area contributed by atoms with Crippen LogP contribution in [0.3, 0.4) is 0 Å². The van der Waals surface area contributed by atoms with Gasteiger partial charge in [0.25, 0.3) is 11.6 Å². The van der Waals surface area contributed by atoms with Gasteiger partial charge in [-0.15, -0.1) is 10.2 Å². The third kappa shape index (κ3) is 5.75. The SMILES string of the molecule is Cc1cccc(OCc2nnc(NC(=O)/C(C#N)=C\c3cccn3-c3ccc(Cl)c([N+](=O)[O-])c3)s2)c1. The second-order valence-corrected chi connectivity index (χ2v) is 8.90. The number of aryl methyl sites for hydroxylation is 1. The minimum absolute atomic E-state index is 0.00537. The number of rotatable bonds is 8. The second-order valence-electron chi connectivity index (χ2n) is 7.43. The average molecular weight is 521 g/mol. The predicted molar refractivity (Wildman–Crippen MR) is 135 cm³/mol. The molecule has 0 fully saturated rings. The van der Waals surface area contributed by atoms with Crippen LogP contribution in [0.2, 0.25) is 5.02 Å². The third-order valence-electron chi connectivity index (χ3n) is 4.88. The molecule has 0 atom stereocenters. The first-order chi connectivity index (χ1) is 17.3. The van der Waals surface area contributed by atoms with Gasteiger partial charge in [-0.2, -0.15) is 5.26 Å². The van der Waals surface area contributed by atoms with Crippen molar-refractivity contribution in [1.82, 2.24) is 14.8 Å². The first-order valence-corrected chi connectivity index (χ1v) is 11.6. The minimum Gasteiger partial charge on any atom is -0.486 e. The summed E-state index contributed by atoms with van der Waals surface area (Å²) in [4.78, 5) is 23.4. The second kappa shape index (κ2) is 10.8. The van der Waals surface area contributed by atoms with Crippen molar-refractivity contribution in [2.75, 3.05) is 5.32 Å². The molecule has 12 heteroatoms. The molecule has 4 aromatic rings. The van der Waals surface area contributed by atoms with Crippen molar-refractivity contribution in [1.29, 1.82) is 5.26 Å². The number of nitrogens with one attached hydrogen (secondary N) is 1. The molecule has 2 aromatic carbocycles. The molecule has 0 radical (unpaired) electrons. The number of ether oxygens (including phenoxy) is 1. The molecule has 0 aliphatic heterocycles. The van der Waals surface area contributed by atoms with Gasteiger partial charge in [-0.1, -0.05) is 35.1 Å². The Bertz CT molecular complexity index is 1520. The lowest BCUT2D eigenvalue weighted by Gasteiger charge is -2.08. The fourth-order valence-electron chi connectivity index (χ4n) is 3.21. The van der Waals surface area contributed by atoms with Gasteiger partial charge >= 0.3 is 0 Å². The lowest BCUT2D eigenvalue weighted by Crippen LogP contribution is -2.13. The van der Waals surface area contributed by atoms with E-state index in [1.165, 1.54) is 18.2 Å². The Labute approximate surface area is 214 Å². The van der Waals surface area contributed by atoms with Crippen molar-refractivity contribution in [3.8, 4) is 17.5 Å². The molecule has 2 heterocycles. The van der Waals surface area contributed by atoms with Crippen LogP contribution in [0.5, 0.6) is 5.75 Å². The zero-order chi connectivity index (χ0) is 25.7. The van der Waals surface area contributed by atoms with Crippen molar-refractivity contribution in [3.05, 3.63) is 97.8 Å². The number of carbonyl (C=O) groups excluding carboxylic acids is 1.